The number of rotatable bonds is 4. The minimum absolute atomic E-state index is 0.00328. The number of benzene rings is 1. The highest BCUT2D eigenvalue weighted by Gasteiger charge is 2.35. The number of nitrogens with one attached hydrogen (secondary N) is 1. The minimum atomic E-state index is -4.34. The van der Waals surface area contributed by atoms with Crippen molar-refractivity contribution in [3.63, 3.8) is 0 Å². The van der Waals surface area contributed by atoms with Gasteiger partial charge in [-0.05, 0) is 72.4 Å². The second-order valence-corrected chi connectivity index (χ2v) is 7.69. The summed E-state index contributed by atoms with van der Waals surface area (Å²) in [6.07, 6.45) is 4.10. The Morgan fingerprint density at radius 2 is 1.93 bits per heavy atom. The molecule has 1 heterocycles. The van der Waals surface area contributed by atoms with Gasteiger partial charge >= 0.3 is 6.18 Å². The minimum Gasteiger partial charge on any atom is -0.349 e. The molecule has 2 aromatic rings. The van der Waals surface area contributed by atoms with Gasteiger partial charge in [0.1, 0.15) is 0 Å². The molecule has 3 nitrogen and oxygen atoms in total. The summed E-state index contributed by atoms with van der Waals surface area (Å²) in [5.41, 5.74) is 4.02. The molecule has 1 amide bonds. The number of fused-ring (bicyclic) bond motifs is 1. The molecule has 1 N–H and O–H groups in total. The van der Waals surface area contributed by atoms with Gasteiger partial charge in [-0.3, -0.25) is 9.78 Å². The highest BCUT2D eigenvalue weighted by molar-refractivity contribution is 5.77. The van der Waals surface area contributed by atoms with E-state index in [-0.39, 0.29) is 17.9 Å². The Balaban J connectivity index is 1.79. The Bertz CT molecular complexity index is 903. The number of aromatic nitrogens is 1. The first-order chi connectivity index (χ1) is 13.4. The first kappa shape index (κ1) is 19.0. The summed E-state index contributed by atoms with van der Waals surface area (Å²) < 4.78 is 39.6. The first-order valence-electron chi connectivity index (χ1n) is 9.86. The van der Waals surface area contributed by atoms with E-state index in [9.17, 15) is 18.0 Å². The van der Waals surface area contributed by atoms with Gasteiger partial charge in [-0.15, -0.1) is 0 Å². The van der Waals surface area contributed by atoms with E-state index in [2.05, 4.69) is 10.3 Å². The van der Waals surface area contributed by atoms with Crippen molar-refractivity contribution in [2.24, 2.45) is 0 Å². The molecule has 0 aliphatic heterocycles. The quantitative estimate of drug-likeness (QED) is 0.746. The Kier molecular flexibility index (Phi) is 4.89. The number of nitrogens with zero attached hydrogens (tertiary/aromatic N) is 1. The summed E-state index contributed by atoms with van der Waals surface area (Å²) in [4.78, 5) is 16.3. The van der Waals surface area contributed by atoms with Crippen LogP contribution < -0.4 is 5.32 Å². The van der Waals surface area contributed by atoms with E-state index >= 15 is 0 Å². The van der Waals surface area contributed by atoms with Crippen LogP contribution in [0.4, 0.5) is 13.2 Å². The van der Waals surface area contributed by atoms with Gasteiger partial charge in [0.25, 0.3) is 0 Å². The van der Waals surface area contributed by atoms with Crippen LogP contribution in [-0.2, 0) is 17.4 Å². The van der Waals surface area contributed by atoms with Crippen LogP contribution in [0.3, 0.4) is 0 Å². The van der Waals surface area contributed by atoms with Crippen LogP contribution in [0.1, 0.15) is 73.2 Å². The van der Waals surface area contributed by atoms with E-state index in [1.54, 1.807) is 18.5 Å². The number of amides is 1. The van der Waals surface area contributed by atoms with E-state index in [4.69, 9.17) is 0 Å². The molecule has 0 radical (unpaired) electrons. The molecular formula is C22H23F3N2O. The van der Waals surface area contributed by atoms with Crippen molar-refractivity contribution in [2.45, 2.75) is 63.6 Å². The van der Waals surface area contributed by atoms with E-state index in [0.29, 0.717) is 6.42 Å². The summed E-state index contributed by atoms with van der Waals surface area (Å²) in [7, 11) is 0. The van der Waals surface area contributed by atoms with Crippen LogP contribution in [0.2, 0.25) is 0 Å². The van der Waals surface area contributed by atoms with Crippen molar-refractivity contribution in [3.05, 3.63) is 52.8 Å². The highest BCUT2D eigenvalue weighted by atomic mass is 19.4. The van der Waals surface area contributed by atoms with E-state index < -0.39 is 11.7 Å². The van der Waals surface area contributed by atoms with Gasteiger partial charge in [-0.25, -0.2) is 0 Å². The maximum absolute atomic E-state index is 13.2. The van der Waals surface area contributed by atoms with Gasteiger partial charge in [0.2, 0.25) is 5.91 Å². The third-order valence-corrected chi connectivity index (χ3v) is 5.73. The van der Waals surface area contributed by atoms with Gasteiger partial charge < -0.3 is 5.32 Å². The van der Waals surface area contributed by atoms with Crippen molar-refractivity contribution in [1.82, 2.24) is 10.3 Å². The zero-order valence-corrected chi connectivity index (χ0v) is 15.8. The number of carbonyl (C=O) groups excluding carboxylic acids is 1. The molecule has 1 aromatic heterocycles. The maximum atomic E-state index is 13.2. The van der Waals surface area contributed by atoms with Gasteiger partial charge in [-0.1, -0.05) is 13.0 Å². The average Bonchev–Trinajstić information content (AvgIpc) is 3.52. The molecule has 1 fully saturated rings. The zero-order chi connectivity index (χ0) is 19.9. The Morgan fingerprint density at radius 3 is 2.61 bits per heavy atom. The summed E-state index contributed by atoms with van der Waals surface area (Å²) >= 11 is 0. The van der Waals surface area contributed by atoms with Crippen molar-refractivity contribution in [3.8, 4) is 11.1 Å². The molecule has 6 heteroatoms. The molecule has 1 aromatic carbocycles. The molecule has 2 aliphatic rings. The molecule has 1 atom stereocenters. The largest absolute Gasteiger partial charge is 0.416 e. The van der Waals surface area contributed by atoms with Crippen molar-refractivity contribution in [1.29, 1.82) is 0 Å². The molecule has 1 unspecified atom stereocenters. The van der Waals surface area contributed by atoms with Crippen LogP contribution in [0.5, 0.6) is 0 Å². The number of halogens is 3. The second-order valence-electron chi connectivity index (χ2n) is 7.69. The Morgan fingerprint density at radius 1 is 1.14 bits per heavy atom. The molecule has 0 bridgehead atoms. The lowest BCUT2D eigenvalue weighted by Crippen LogP contribution is -2.30. The Hall–Kier alpha value is -2.37. The predicted octanol–water partition coefficient (Wildman–Crippen LogP) is 5.55. The van der Waals surface area contributed by atoms with Crippen LogP contribution in [0, 0.1) is 0 Å². The predicted molar refractivity (Wildman–Crippen MR) is 101 cm³/mol. The fourth-order valence-corrected chi connectivity index (χ4v) is 4.12. The number of hydrogen-bond acceptors (Lipinski definition) is 2. The normalized spacial score (nSPS) is 19.2. The number of hydrogen-bond donors (Lipinski definition) is 1. The fraction of sp³-hybridized carbons (Fsp3) is 0.455. The summed E-state index contributed by atoms with van der Waals surface area (Å²) in [6, 6.07) is 4.00. The highest BCUT2D eigenvalue weighted by Crippen LogP contribution is 2.47. The van der Waals surface area contributed by atoms with Crippen LogP contribution >= 0.6 is 0 Å². The molecule has 28 heavy (non-hydrogen) atoms. The summed E-state index contributed by atoms with van der Waals surface area (Å²) in [5.74, 6) is 0.184. The lowest BCUT2D eigenvalue weighted by Gasteiger charge is -2.28. The van der Waals surface area contributed by atoms with Crippen LogP contribution in [-0.4, -0.2) is 10.9 Å². The second kappa shape index (κ2) is 7.22. The maximum Gasteiger partial charge on any atom is 0.416 e. The Labute approximate surface area is 162 Å². The average molecular weight is 388 g/mol. The van der Waals surface area contributed by atoms with Crippen LogP contribution in [0.15, 0.2) is 30.6 Å². The van der Waals surface area contributed by atoms with Crippen LogP contribution in [0.25, 0.3) is 11.1 Å². The fourth-order valence-electron chi connectivity index (χ4n) is 4.12. The molecule has 148 valence electrons. The topological polar surface area (TPSA) is 42.0 Å². The number of pyridine rings is 1. The van der Waals surface area contributed by atoms with E-state index in [1.165, 1.54) is 12.1 Å². The zero-order valence-electron chi connectivity index (χ0n) is 15.8. The molecule has 4 rings (SSSR count). The third kappa shape index (κ3) is 3.64. The van der Waals surface area contributed by atoms with Crippen molar-refractivity contribution < 1.29 is 18.0 Å². The monoisotopic (exact) mass is 388 g/mol. The smallest absolute Gasteiger partial charge is 0.349 e. The summed E-state index contributed by atoms with van der Waals surface area (Å²) in [5, 5.41) is 3.05. The standard InChI is InChI=1S/C22H23F3N2O/c1-2-21(28)27-20-5-3-4-15-18(11-26-12-19(15)20)16-9-8-14(22(23,24)25)10-17(16)13-6-7-13/h8-13,20H,2-7H2,1H3,(H,27,28). The van der Waals surface area contributed by atoms with E-state index in [0.717, 1.165) is 59.9 Å². The number of carbonyl (C=O) groups is 1. The van der Waals surface area contributed by atoms with E-state index in [1.807, 2.05) is 6.92 Å². The molecule has 1 saturated carbocycles. The molecule has 2 aliphatic carbocycles. The van der Waals surface area contributed by atoms with Gasteiger partial charge in [0.05, 0.1) is 11.6 Å². The van der Waals surface area contributed by atoms with Crippen molar-refractivity contribution in [2.75, 3.05) is 0 Å². The molecular weight excluding hydrogens is 365 g/mol. The first-order valence-corrected chi connectivity index (χ1v) is 9.86. The van der Waals surface area contributed by atoms with Crippen molar-refractivity contribution >= 4 is 5.91 Å². The SMILES string of the molecule is CCC(=O)NC1CCCc2c(-c3ccc(C(F)(F)F)cc3C3CC3)cncc21. The third-order valence-electron chi connectivity index (χ3n) is 5.73. The molecule has 0 saturated heterocycles. The lowest BCUT2D eigenvalue weighted by atomic mass is 9.83. The lowest BCUT2D eigenvalue weighted by molar-refractivity contribution is -0.137. The van der Waals surface area contributed by atoms with Gasteiger partial charge in [0.15, 0.2) is 0 Å². The van der Waals surface area contributed by atoms with Gasteiger partial charge in [0, 0.05) is 24.4 Å². The summed E-state index contributed by atoms with van der Waals surface area (Å²) in [6.45, 7) is 1.82. The van der Waals surface area contributed by atoms with Gasteiger partial charge in [-0.2, -0.15) is 13.2 Å². The number of alkyl halides is 3. The molecule has 0 spiro atoms.